The van der Waals surface area contributed by atoms with Crippen molar-refractivity contribution >= 4 is 17.6 Å². The predicted octanol–water partition coefficient (Wildman–Crippen LogP) is 1.06. The molecule has 0 aliphatic heterocycles. The smallest absolute Gasteiger partial charge is 0.354 e. The molecule has 0 radical (unpaired) electrons. The van der Waals surface area contributed by atoms with Crippen molar-refractivity contribution in [3.8, 4) is 0 Å². The molecule has 0 saturated carbocycles. The molecule has 0 amide bonds. The van der Waals surface area contributed by atoms with Crippen LogP contribution < -0.4 is 0 Å². The van der Waals surface area contributed by atoms with E-state index >= 15 is 0 Å². The first-order valence-corrected chi connectivity index (χ1v) is 4.19. The second-order valence-corrected chi connectivity index (χ2v) is 3.61. The molecule has 0 saturated heterocycles. The maximum absolute atomic E-state index is 10.6. The zero-order valence-corrected chi connectivity index (χ0v) is 8.41. The summed E-state index contributed by atoms with van der Waals surface area (Å²) in [5.41, 5.74) is -1.30. The normalized spacial score (nSPS) is 11.4. The summed E-state index contributed by atoms with van der Waals surface area (Å²) in [5, 5.41) is 18.1. The molecule has 14 heavy (non-hydrogen) atoms. The second-order valence-electron chi connectivity index (χ2n) is 3.27. The summed E-state index contributed by atoms with van der Waals surface area (Å²) >= 11 is 5.50. The topological polar surface area (TPSA) is 83.3 Å². The van der Waals surface area contributed by atoms with Gasteiger partial charge in [-0.2, -0.15) is 0 Å². The van der Waals surface area contributed by atoms with Crippen LogP contribution in [0.5, 0.6) is 0 Å². The van der Waals surface area contributed by atoms with Gasteiger partial charge in [0.15, 0.2) is 5.69 Å². The number of rotatable bonds is 2. The van der Waals surface area contributed by atoms with E-state index in [9.17, 15) is 9.90 Å². The molecular weight excluding hydrogens is 208 g/mol. The number of halogens is 1. The fourth-order valence-corrected chi connectivity index (χ4v) is 1.02. The molecule has 1 heterocycles. The van der Waals surface area contributed by atoms with Crippen molar-refractivity contribution in [2.24, 2.45) is 0 Å². The number of aromatic nitrogens is 2. The van der Waals surface area contributed by atoms with Crippen molar-refractivity contribution < 1.29 is 15.0 Å². The van der Waals surface area contributed by atoms with Crippen LogP contribution in [0.2, 0.25) is 5.28 Å². The van der Waals surface area contributed by atoms with Gasteiger partial charge in [-0.15, -0.1) is 0 Å². The van der Waals surface area contributed by atoms with E-state index < -0.39 is 11.6 Å². The Morgan fingerprint density at radius 3 is 2.50 bits per heavy atom. The van der Waals surface area contributed by atoms with Crippen molar-refractivity contribution in [3.05, 3.63) is 22.7 Å². The first-order chi connectivity index (χ1) is 6.30. The maximum atomic E-state index is 10.6. The van der Waals surface area contributed by atoms with E-state index in [2.05, 4.69) is 9.97 Å². The van der Waals surface area contributed by atoms with Gasteiger partial charge in [-0.3, -0.25) is 0 Å². The quantitative estimate of drug-likeness (QED) is 0.723. The van der Waals surface area contributed by atoms with Crippen LogP contribution in [0.15, 0.2) is 6.07 Å². The molecule has 2 N–H and O–H groups in total. The molecule has 0 bridgehead atoms. The third-order valence-electron chi connectivity index (χ3n) is 1.54. The van der Waals surface area contributed by atoms with E-state index in [1.807, 2.05) is 0 Å². The van der Waals surface area contributed by atoms with Crippen LogP contribution in [0.4, 0.5) is 0 Å². The molecule has 0 aliphatic carbocycles. The highest BCUT2D eigenvalue weighted by Crippen LogP contribution is 2.19. The molecule has 0 unspecified atom stereocenters. The van der Waals surface area contributed by atoms with E-state index in [-0.39, 0.29) is 16.7 Å². The fourth-order valence-electron chi connectivity index (χ4n) is 0.841. The molecule has 0 spiro atoms. The molecule has 5 nitrogen and oxygen atoms in total. The third kappa shape index (κ3) is 2.40. The van der Waals surface area contributed by atoms with Gasteiger partial charge in [0.25, 0.3) is 0 Å². The summed E-state index contributed by atoms with van der Waals surface area (Å²) in [6.07, 6.45) is 0. The Morgan fingerprint density at radius 2 is 2.07 bits per heavy atom. The summed E-state index contributed by atoms with van der Waals surface area (Å²) in [6.45, 7) is 2.97. The Kier molecular flexibility index (Phi) is 2.73. The molecule has 0 aromatic carbocycles. The van der Waals surface area contributed by atoms with Crippen molar-refractivity contribution in [2.45, 2.75) is 19.4 Å². The Labute approximate surface area is 85.4 Å². The van der Waals surface area contributed by atoms with Crippen molar-refractivity contribution in [1.29, 1.82) is 0 Å². The van der Waals surface area contributed by atoms with Gasteiger partial charge in [0.1, 0.15) is 5.60 Å². The summed E-state index contributed by atoms with van der Waals surface area (Å²) < 4.78 is 0. The summed E-state index contributed by atoms with van der Waals surface area (Å²) in [7, 11) is 0. The highest BCUT2D eigenvalue weighted by molar-refractivity contribution is 6.28. The zero-order valence-electron chi connectivity index (χ0n) is 7.65. The van der Waals surface area contributed by atoms with Gasteiger partial charge < -0.3 is 10.2 Å². The van der Waals surface area contributed by atoms with Crippen LogP contribution in [0.25, 0.3) is 0 Å². The number of carbonyl (C=O) groups is 1. The molecule has 1 aromatic rings. The standard InChI is InChI=1S/C8H9ClN2O3/c1-8(2,14)5-3-4(6(12)13)10-7(9)11-5/h3,14H,1-2H3,(H,12,13). The molecule has 0 aliphatic rings. The molecule has 0 fully saturated rings. The lowest BCUT2D eigenvalue weighted by Crippen LogP contribution is -2.19. The van der Waals surface area contributed by atoms with Crippen LogP contribution in [0.1, 0.15) is 30.0 Å². The monoisotopic (exact) mass is 216 g/mol. The first-order valence-electron chi connectivity index (χ1n) is 3.81. The van der Waals surface area contributed by atoms with Crippen LogP contribution in [-0.2, 0) is 5.60 Å². The summed E-state index contributed by atoms with van der Waals surface area (Å²) in [4.78, 5) is 17.8. The van der Waals surface area contributed by atoms with Crippen LogP contribution in [0, 0.1) is 0 Å². The first kappa shape index (κ1) is 10.9. The Balaban J connectivity index is 3.28. The van der Waals surface area contributed by atoms with Gasteiger partial charge in [0.2, 0.25) is 5.28 Å². The molecule has 76 valence electrons. The number of hydrogen-bond acceptors (Lipinski definition) is 4. The van der Waals surface area contributed by atoms with Gasteiger partial charge >= 0.3 is 5.97 Å². The number of carboxylic acids is 1. The van der Waals surface area contributed by atoms with Gasteiger partial charge in [0.05, 0.1) is 5.69 Å². The maximum Gasteiger partial charge on any atom is 0.354 e. The second kappa shape index (κ2) is 3.51. The van der Waals surface area contributed by atoms with E-state index in [4.69, 9.17) is 16.7 Å². The summed E-state index contributed by atoms with van der Waals surface area (Å²) in [5.74, 6) is -1.21. The Morgan fingerprint density at radius 1 is 1.50 bits per heavy atom. The van der Waals surface area contributed by atoms with Gasteiger partial charge in [-0.25, -0.2) is 14.8 Å². The predicted molar refractivity (Wildman–Crippen MR) is 49.2 cm³/mol. The average molecular weight is 217 g/mol. The minimum atomic E-state index is -1.24. The fraction of sp³-hybridized carbons (Fsp3) is 0.375. The van der Waals surface area contributed by atoms with Crippen molar-refractivity contribution in [2.75, 3.05) is 0 Å². The number of carboxylic acid groups (broad SMARTS) is 1. The average Bonchev–Trinajstić information content (AvgIpc) is 2.01. The van der Waals surface area contributed by atoms with E-state index in [1.54, 1.807) is 0 Å². The molecule has 0 atom stereocenters. The van der Waals surface area contributed by atoms with Gasteiger partial charge in [-0.1, -0.05) is 0 Å². The lowest BCUT2D eigenvalue weighted by molar-refractivity contribution is 0.0679. The number of aromatic carboxylic acids is 1. The van der Waals surface area contributed by atoms with E-state index in [0.29, 0.717) is 0 Å². The molecular formula is C8H9ClN2O3. The van der Waals surface area contributed by atoms with Gasteiger partial charge in [-0.05, 0) is 31.5 Å². The third-order valence-corrected chi connectivity index (χ3v) is 1.71. The number of hydrogen-bond donors (Lipinski definition) is 2. The van der Waals surface area contributed by atoms with Crippen LogP contribution >= 0.6 is 11.6 Å². The molecule has 6 heteroatoms. The Hall–Kier alpha value is -1.20. The van der Waals surface area contributed by atoms with E-state index in [1.165, 1.54) is 19.9 Å². The highest BCUT2D eigenvalue weighted by Gasteiger charge is 2.21. The molecule has 1 aromatic heterocycles. The minimum Gasteiger partial charge on any atom is -0.477 e. The van der Waals surface area contributed by atoms with Crippen molar-refractivity contribution in [3.63, 3.8) is 0 Å². The van der Waals surface area contributed by atoms with E-state index in [0.717, 1.165) is 0 Å². The Bertz CT molecular complexity index is 373. The van der Waals surface area contributed by atoms with Crippen LogP contribution in [-0.4, -0.2) is 26.2 Å². The highest BCUT2D eigenvalue weighted by atomic mass is 35.5. The summed E-state index contributed by atoms with van der Waals surface area (Å²) in [6, 6.07) is 1.19. The zero-order chi connectivity index (χ0) is 10.9. The SMILES string of the molecule is CC(C)(O)c1cc(C(=O)O)nc(Cl)n1. The largest absolute Gasteiger partial charge is 0.477 e. The lowest BCUT2D eigenvalue weighted by atomic mass is 10.0. The number of nitrogens with zero attached hydrogens (tertiary/aromatic N) is 2. The van der Waals surface area contributed by atoms with Crippen LogP contribution in [0.3, 0.4) is 0 Å². The minimum absolute atomic E-state index is 0.176. The van der Waals surface area contributed by atoms with Crippen molar-refractivity contribution in [1.82, 2.24) is 9.97 Å². The molecule has 1 rings (SSSR count). The van der Waals surface area contributed by atoms with Gasteiger partial charge in [0, 0.05) is 0 Å². The lowest BCUT2D eigenvalue weighted by Gasteiger charge is -2.16. The number of aliphatic hydroxyl groups is 1.